The van der Waals surface area contributed by atoms with Crippen LogP contribution in [-0.2, 0) is 9.53 Å². The number of hydrogen-bond donors (Lipinski definition) is 2. The first-order valence-electron chi connectivity index (χ1n) is 6.87. The van der Waals surface area contributed by atoms with Crippen molar-refractivity contribution in [3.05, 3.63) is 12.2 Å². The van der Waals surface area contributed by atoms with Crippen molar-refractivity contribution in [3.63, 3.8) is 0 Å². The molecule has 5 heteroatoms. The zero-order valence-electron chi connectivity index (χ0n) is 12.1. The van der Waals surface area contributed by atoms with E-state index in [4.69, 9.17) is 4.74 Å². The maximum Gasteiger partial charge on any atom is 0.244 e. The third-order valence-corrected chi connectivity index (χ3v) is 3.42. The first kappa shape index (κ1) is 16.1. The Labute approximate surface area is 115 Å². The Hall–Kier alpha value is -0.910. The minimum atomic E-state index is -0.626. The number of hydrogen-bond acceptors (Lipinski definition) is 4. The summed E-state index contributed by atoms with van der Waals surface area (Å²) in [6.07, 6.45) is 6.21. The normalized spacial score (nSPS) is 28.6. The molecule has 0 spiro atoms. The van der Waals surface area contributed by atoms with Crippen molar-refractivity contribution in [2.45, 2.75) is 43.9 Å². The van der Waals surface area contributed by atoms with Gasteiger partial charge < -0.3 is 20.1 Å². The quantitative estimate of drug-likeness (QED) is 0.565. The third kappa shape index (κ3) is 5.72. The van der Waals surface area contributed by atoms with Gasteiger partial charge in [-0.2, -0.15) is 0 Å². The van der Waals surface area contributed by atoms with E-state index in [1.165, 1.54) is 6.08 Å². The molecule has 0 aromatic carbocycles. The minimum Gasteiger partial charge on any atom is -0.388 e. The van der Waals surface area contributed by atoms with Crippen LogP contribution in [0, 0.1) is 0 Å². The smallest absolute Gasteiger partial charge is 0.244 e. The number of amides is 1. The van der Waals surface area contributed by atoms with E-state index in [1.54, 1.807) is 7.11 Å². The summed E-state index contributed by atoms with van der Waals surface area (Å²) in [7, 11) is 5.50. The van der Waals surface area contributed by atoms with Gasteiger partial charge in [0.05, 0.1) is 12.1 Å². The standard InChI is InChI=1S/C14H26N2O3/c1-16(2)10-6-9-13(17)15-11-7-4-5-8-12(19-3)14(11)18/h6,9,11-12,14,18H,4-5,7-8,10H2,1-3H3,(H,15,17)/b9-6+/t11-,12-,14-/m1/s1. The lowest BCUT2D eigenvalue weighted by atomic mass is 10.0. The minimum absolute atomic E-state index is 0.150. The SMILES string of the molecule is CO[C@@H]1CCCC[C@@H](NC(=O)/C=C/CN(C)C)[C@H]1O. The molecule has 1 aliphatic carbocycles. The number of nitrogens with one attached hydrogen (secondary N) is 1. The van der Waals surface area contributed by atoms with Gasteiger partial charge in [-0.25, -0.2) is 0 Å². The number of carbonyl (C=O) groups is 1. The summed E-state index contributed by atoms with van der Waals surface area (Å²) in [5.41, 5.74) is 0. The van der Waals surface area contributed by atoms with Crippen LogP contribution in [0.25, 0.3) is 0 Å². The molecular weight excluding hydrogens is 244 g/mol. The van der Waals surface area contributed by atoms with Crippen LogP contribution in [0.3, 0.4) is 0 Å². The molecule has 19 heavy (non-hydrogen) atoms. The fourth-order valence-corrected chi connectivity index (χ4v) is 2.33. The number of methoxy groups -OCH3 is 1. The van der Waals surface area contributed by atoms with Gasteiger partial charge in [0.15, 0.2) is 0 Å². The second-order valence-corrected chi connectivity index (χ2v) is 5.33. The predicted molar refractivity (Wildman–Crippen MR) is 74.9 cm³/mol. The number of aliphatic hydroxyl groups is 1. The molecule has 0 heterocycles. The van der Waals surface area contributed by atoms with Crippen molar-refractivity contribution in [2.75, 3.05) is 27.7 Å². The maximum atomic E-state index is 11.8. The van der Waals surface area contributed by atoms with Crippen LogP contribution in [0.5, 0.6) is 0 Å². The van der Waals surface area contributed by atoms with E-state index < -0.39 is 6.10 Å². The molecular formula is C14H26N2O3. The van der Waals surface area contributed by atoms with Crippen LogP contribution < -0.4 is 5.32 Å². The summed E-state index contributed by atoms with van der Waals surface area (Å²) in [6, 6.07) is -0.219. The number of likely N-dealkylation sites (N-methyl/N-ethyl adjacent to an activating group) is 1. The summed E-state index contributed by atoms with van der Waals surface area (Å²) in [5.74, 6) is -0.150. The zero-order chi connectivity index (χ0) is 14.3. The van der Waals surface area contributed by atoms with Gasteiger partial charge in [0.1, 0.15) is 6.10 Å². The fourth-order valence-electron chi connectivity index (χ4n) is 2.33. The first-order chi connectivity index (χ1) is 9.04. The molecule has 3 atom stereocenters. The van der Waals surface area contributed by atoms with Crippen LogP contribution in [-0.4, -0.2) is 61.9 Å². The Balaban J connectivity index is 2.49. The largest absolute Gasteiger partial charge is 0.388 e. The summed E-state index contributed by atoms with van der Waals surface area (Å²) in [4.78, 5) is 13.8. The highest BCUT2D eigenvalue weighted by Gasteiger charge is 2.30. The van der Waals surface area contributed by atoms with E-state index in [2.05, 4.69) is 5.32 Å². The van der Waals surface area contributed by atoms with E-state index in [0.29, 0.717) is 0 Å². The highest BCUT2D eigenvalue weighted by Crippen LogP contribution is 2.20. The number of rotatable bonds is 5. The van der Waals surface area contributed by atoms with Crippen molar-refractivity contribution in [3.8, 4) is 0 Å². The predicted octanol–water partition coefficient (Wildman–Crippen LogP) is 0.539. The average molecular weight is 270 g/mol. The number of ether oxygens (including phenoxy) is 1. The van der Waals surface area contributed by atoms with Crippen LogP contribution in [0.2, 0.25) is 0 Å². The monoisotopic (exact) mass is 270 g/mol. The van der Waals surface area contributed by atoms with E-state index in [9.17, 15) is 9.90 Å². The molecule has 0 saturated heterocycles. The Morgan fingerprint density at radius 1 is 1.42 bits per heavy atom. The molecule has 0 radical (unpaired) electrons. The van der Waals surface area contributed by atoms with Gasteiger partial charge in [0.25, 0.3) is 0 Å². The van der Waals surface area contributed by atoms with Crippen LogP contribution in [0.4, 0.5) is 0 Å². The molecule has 1 amide bonds. The van der Waals surface area contributed by atoms with Crippen LogP contribution in [0.15, 0.2) is 12.2 Å². The highest BCUT2D eigenvalue weighted by molar-refractivity contribution is 5.87. The van der Waals surface area contributed by atoms with Gasteiger partial charge in [0.2, 0.25) is 5.91 Å². The second kappa shape index (κ2) is 8.30. The molecule has 1 rings (SSSR count). The first-order valence-corrected chi connectivity index (χ1v) is 6.87. The maximum absolute atomic E-state index is 11.8. The topological polar surface area (TPSA) is 61.8 Å². The van der Waals surface area contributed by atoms with Crippen molar-refractivity contribution in [1.29, 1.82) is 0 Å². The number of nitrogens with zero attached hydrogens (tertiary/aromatic N) is 1. The molecule has 110 valence electrons. The van der Waals surface area contributed by atoms with Gasteiger partial charge in [-0.15, -0.1) is 0 Å². The lowest BCUT2D eigenvalue weighted by Crippen LogP contribution is -2.47. The molecule has 0 unspecified atom stereocenters. The molecule has 0 aromatic rings. The summed E-state index contributed by atoms with van der Waals surface area (Å²) >= 11 is 0. The Morgan fingerprint density at radius 2 is 2.11 bits per heavy atom. The molecule has 0 aliphatic heterocycles. The van der Waals surface area contributed by atoms with Gasteiger partial charge >= 0.3 is 0 Å². The second-order valence-electron chi connectivity index (χ2n) is 5.33. The van der Waals surface area contributed by atoms with E-state index in [-0.39, 0.29) is 18.1 Å². The zero-order valence-corrected chi connectivity index (χ0v) is 12.1. The third-order valence-electron chi connectivity index (χ3n) is 3.42. The van der Waals surface area contributed by atoms with Crippen molar-refractivity contribution in [2.24, 2.45) is 0 Å². The van der Waals surface area contributed by atoms with Crippen LogP contribution >= 0.6 is 0 Å². The Morgan fingerprint density at radius 3 is 2.74 bits per heavy atom. The van der Waals surface area contributed by atoms with Gasteiger partial charge in [-0.3, -0.25) is 4.79 Å². The summed E-state index contributed by atoms with van der Waals surface area (Å²) in [6.45, 7) is 0.724. The molecule has 0 aromatic heterocycles. The van der Waals surface area contributed by atoms with Crippen molar-refractivity contribution < 1.29 is 14.6 Å². The summed E-state index contributed by atoms with van der Waals surface area (Å²) < 4.78 is 5.28. The molecule has 5 nitrogen and oxygen atoms in total. The fraction of sp³-hybridized carbons (Fsp3) is 0.786. The molecule has 1 saturated carbocycles. The van der Waals surface area contributed by atoms with E-state index in [0.717, 1.165) is 32.2 Å². The number of aliphatic hydroxyl groups excluding tert-OH is 1. The van der Waals surface area contributed by atoms with E-state index >= 15 is 0 Å². The molecule has 1 fully saturated rings. The number of carbonyl (C=O) groups excluding carboxylic acids is 1. The van der Waals surface area contributed by atoms with Crippen LogP contribution in [0.1, 0.15) is 25.7 Å². The van der Waals surface area contributed by atoms with Gasteiger partial charge in [-0.1, -0.05) is 18.9 Å². The Bertz CT molecular complexity index is 305. The van der Waals surface area contributed by atoms with E-state index in [1.807, 2.05) is 25.1 Å². The Kier molecular flexibility index (Phi) is 7.05. The molecule has 2 N–H and O–H groups in total. The lowest BCUT2D eigenvalue weighted by molar-refractivity contribution is -0.119. The van der Waals surface area contributed by atoms with Gasteiger partial charge in [0, 0.05) is 19.7 Å². The average Bonchev–Trinajstić information content (AvgIpc) is 2.52. The molecule has 0 bridgehead atoms. The van der Waals surface area contributed by atoms with Crippen molar-refractivity contribution in [1.82, 2.24) is 10.2 Å². The van der Waals surface area contributed by atoms with Crippen molar-refractivity contribution >= 4 is 5.91 Å². The van der Waals surface area contributed by atoms with Gasteiger partial charge in [-0.05, 0) is 26.9 Å². The lowest BCUT2D eigenvalue weighted by Gasteiger charge is -2.26. The highest BCUT2D eigenvalue weighted by atomic mass is 16.5. The summed E-state index contributed by atoms with van der Waals surface area (Å²) in [5, 5.41) is 13.1. The molecule has 1 aliphatic rings.